The standard InChI is InChI=1S/C20H33N3O/c1-5-6-11-21(4)12-10-20(24)23-15-13-22(14-16-23)19-9-7-8-17(2)18(19)3/h7-9H,5-6,10-16H2,1-4H3. The molecule has 0 saturated carbocycles. The summed E-state index contributed by atoms with van der Waals surface area (Å²) in [7, 11) is 2.11. The summed E-state index contributed by atoms with van der Waals surface area (Å²) in [5, 5.41) is 0. The Hall–Kier alpha value is -1.55. The van der Waals surface area contributed by atoms with Crippen LogP contribution in [0.25, 0.3) is 0 Å². The first-order chi connectivity index (χ1) is 11.5. The topological polar surface area (TPSA) is 26.8 Å². The Balaban J connectivity index is 1.80. The Morgan fingerprint density at radius 3 is 2.50 bits per heavy atom. The van der Waals surface area contributed by atoms with Crippen LogP contribution in [0.1, 0.15) is 37.3 Å². The van der Waals surface area contributed by atoms with Crippen LogP contribution in [-0.2, 0) is 4.79 Å². The predicted molar refractivity (Wildman–Crippen MR) is 102 cm³/mol. The number of carbonyl (C=O) groups excluding carboxylic acids is 1. The highest BCUT2D eigenvalue weighted by Gasteiger charge is 2.22. The predicted octanol–water partition coefficient (Wildman–Crippen LogP) is 3.07. The number of anilines is 1. The lowest BCUT2D eigenvalue weighted by molar-refractivity contribution is -0.131. The molecule has 4 heteroatoms. The summed E-state index contributed by atoms with van der Waals surface area (Å²) in [6.07, 6.45) is 3.06. The monoisotopic (exact) mass is 331 g/mol. The van der Waals surface area contributed by atoms with Crippen LogP contribution >= 0.6 is 0 Å². The highest BCUT2D eigenvalue weighted by molar-refractivity contribution is 5.76. The molecular weight excluding hydrogens is 298 g/mol. The minimum Gasteiger partial charge on any atom is -0.368 e. The fraction of sp³-hybridized carbons (Fsp3) is 0.650. The Bertz CT molecular complexity index is 536. The van der Waals surface area contributed by atoms with Gasteiger partial charge in [-0.2, -0.15) is 0 Å². The number of amides is 1. The third-order valence-corrected chi connectivity index (χ3v) is 5.15. The van der Waals surface area contributed by atoms with Crippen molar-refractivity contribution in [2.45, 2.75) is 40.0 Å². The molecule has 0 bridgehead atoms. The number of nitrogens with zero attached hydrogens (tertiary/aromatic N) is 3. The number of hydrogen-bond acceptors (Lipinski definition) is 3. The average molecular weight is 332 g/mol. The molecule has 4 nitrogen and oxygen atoms in total. The van der Waals surface area contributed by atoms with Crippen molar-refractivity contribution in [2.75, 3.05) is 51.2 Å². The van der Waals surface area contributed by atoms with Gasteiger partial charge in [-0.3, -0.25) is 4.79 Å². The van der Waals surface area contributed by atoms with Crippen molar-refractivity contribution in [3.8, 4) is 0 Å². The van der Waals surface area contributed by atoms with E-state index in [1.165, 1.54) is 29.7 Å². The quantitative estimate of drug-likeness (QED) is 0.768. The van der Waals surface area contributed by atoms with Gasteiger partial charge in [-0.05, 0) is 51.1 Å². The molecule has 0 spiro atoms. The molecule has 1 heterocycles. The van der Waals surface area contributed by atoms with E-state index in [0.29, 0.717) is 12.3 Å². The molecule has 0 aliphatic carbocycles. The molecule has 0 aromatic heterocycles. The van der Waals surface area contributed by atoms with Gasteiger partial charge in [-0.1, -0.05) is 25.5 Å². The molecule has 2 rings (SSSR count). The lowest BCUT2D eigenvalue weighted by Gasteiger charge is -2.37. The van der Waals surface area contributed by atoms with Crippen molar-refractivity contribution in [2.24, 2.45) is 0 Å². The summed E-state index contributed by atoms with van der Waals surface area (Å²) in [5.41, 5.74) is 4.01. The number of unbranched alkanes of at least 4 members (excludes halogenated alkanes) is 1. The molecule has 1 fully saturated rings. The fourth-order valence-corrected chi connectivity index (χ4v) is 3.26. The van der Waals surface area contributed by atoms with Crippen molar-refractivity contribution < 1.29 is 4.79 Å². The van der Waals surface area contributed by atoms with Gasteiger partial charge in [0, 0.05) is 44.8 Å². The van der Waals surface area contributed by atoms with Gasteiger partial charge in [0.15, 0.2) is 0 Å². The van der Waals surface area contributed by atoms with Gasteiger partial charge in [0.2, 0.25) is 5.91 Å². The molecule has 1 aromatic carbocycles. The molecule has 0 N–H and O–H groups in total. The van der Waals surface area contributed by atoms with Gasteiger partial charge in [0.1, 0.15) is 0 Å². The first kappa shape index (κ1) is 18.8. The molecule has 0 unspecified atom stereocenters. The zero-order chi connectivity index (χ0) is 17.5. The molecule has 1 aromatic rings. The van der Waals surface area contributed by atoms with Crippen LogP contribution in [0.5, 0.6) is 0 Å². The first-order valence-corrected chi connectivity index (χ1v) is 9.30. The van der Waals surface area contributed by atoms with E-state index >= 15 is 0 Å². The summed E-state index contributed by atoms with van der Waals surface area (Å²) in [6.45, 7) is 12.1. The highest BCUT2D eigenvalue weighted by atomic mass is 16.2. The van der Waals surface area contributed by atoms with Gasteiger partial charge >= 0.3 is 0 Å². The van der Waals surface area contributed by atoms with Crippen molar-refractivity contribution >= 4 is 11.6 Å². The van der Waals surface area contributed by atoms with E-state index in [1.807, 2.05) is 4.90 Å². The van der Waals surface area contributed by atoms with E-state index in [-0.39, 0.29) is 0 Å². The number of aryl methyl sites for hydroxylation is 1. The van der Waals surface area contributed by atoms with Crippen LogP contribution < -0.4 is 4.90 Å². The lowest BCUT2D eigenvalue weighted by atomic mass is 10.1. The van der Waals surface area contributed by atoms with E-state index in [2.05, 4.69) is 55.8 Å². The smallest absolute Gasteiger partial charge is 0.223 e. The zero-order valence-electron chi connectivity index (χ0n) is 15.8. The lowest BCUT2D eigenvalue weighted by Crippen LogP contribution is -2.49. The summed E-state index contributed by atoms with van der Waals surface area (Å²) in [6, 6.07) is 6.48. The third-order valence-electron chi connectivity index (χ3n) is 5.15. The van der Waals surface area contributed by atoms with Gasteiger partial charge in [0.05, 0.1) is 0 Å². The van der Waals surface area contributed by atoms with Gasteiger partial charge in [-0.25, -0.2) is 0 Å². The number of rotatable bonds is 7. The Morgan fingerprint density at radius 1 is 1.12 bits per heavy atom. The second kappa shape index (κ2) is 9.07. The van der Waals surface area contributed by atoms with E-state index < -0.39 is 0 Å². The number of piperazine rings is 1. The fourth-order valence-electron chi connectivity index (χ4n) is 3.26. The van der Waals surface area contributed by atoms with E-state index in [1.54, 1.807) is 0 Å². The van der Waals surface area contributed by atoms with E-state index in [9.17, 15) is 4.79 Å². The average Bonchev–Trinajstić information content (AvgIpc) is 2.60. The Morgan fingerprint density at radius 2 is 1.83 bits per heavy atom. The summed E-state index contributed by atoms with van der Waals surface area (Å²) in [5.74, 6) is 0.305. The van der Waals surface area contributed by atoms with Crippen LogP contribution in [0.15, 0.2) is 18.2 Å². The van der Waals surface area contributed by atoms with E-state index in [4.69, 9.17) is 0 Å². The Labute approximate surface area is 147 Å². The SMILES string of the molecule is CCCCN(C)CCC(=O)N1CCN(c2cccc(C)c2C)CC1. The molecule has 134 valence electrons. The zero-order valence-corrected chi connectivity index (χ0v) is 15.8. The normalized spacial score (nSPS) is 15.2. The largest absolute Gasteiger partial charge is 0.368 e. The van der Waals surface area contributed by atoms with Crippen molar-refractivity contribution in [1.29, 1.82) is 0 Å². The molecule has 1 saturated heterocycles. The van der Waals surface area contributed by atoms with Gasteiger partial charge in [0.25, 0.3) is 0 Å². The summed E-state index contributed by atoms with van der Waals surface area (Å²) in [4.78, 5) is 19.1. The molecule has 0 radical (unpaired) electrons. The number of hydrogen-bond donors (Lipinski definition) is 0. The van der Waals surface area contributed by atoms with E-state index in [0.717, 1.165) is 39.3 Å². The minimum absolute atomic E-state index is 0.305. The maximum atomic E-state index is 12.4. The molecule has 24 heavy (non-hydrogen) atoms. The van der Waals surface area contributed by atoms with Crippen LogP contribution in [0, 0.1) is 13.8 Å². The molecular formula is C20H33N3O. The van der Waals surface area contributed by atoms with Gasteiger partial charge in [-0.15, -0.1) is 0 Å². The summed E-state index contributed by atoms with van der Waals surface area (Å²) >= 11 is 0. The van der Waals surface area contributed by atoms with Crippen LogP contribution in [-0.4, -0.2) is 62.0 Å². The second-order valence-electron chi connectivity index (χ2n) is 6.99. The maximum Gasteiger partial charge on any atom is 0.223 e. The van der Waals surface area contributed by atoms with Gasteiger partial charge < -0.3 is 14.7 Å². The van der Waals surface area contributed by atoms with Crippen LogP contribution in [0.3, 0.4) is 0 Å². The minimum atomic E-state index is 0.305. The molecule has 0 atom stereocenters. The number of carbonyl (C=O) groups is 1. The molecule has 1 amide bonds. The first-order valence-electron chi connectivity index (χ1n) is 9.30. The van der Waals surface area contributed by atoms with Crippen LogP contribution in [0.4, 0.5) is 5.69 Å². The summed E-state index contributed by atoms with van der Waals surface area (Å²) < 4.78 is 0. The third kappa shape index (κ3) is 4.97. The van der Waals surface area contributed by atoms with Crippen molar-refractivity contribution in [1.82, 2.24) is 9.80 Å². The molecule has 1 aliphatic rings. The maximum absolute atomic E-state index is 12.4. The molecule has 1 aliphatic heterocycles. The highest BCUT2D eigenvalue weighted by Crippen LogP contribution is 2.23. The number of benzene rings is 1. The Kier molecular flexibility index (Phi) is 7.10. The van der Waals surface area contributed by atoms with Crippen molar-refractivity contribution in [3.63, 3.8) is 0 Å². The van der Waals surface area contributed by atoms with Crippen LogP contribution in [0.2, 0.25) is 0 Å². The second-order valence-corrected chi connectivity index (χ2v) is 6.99. The van der Waals surface area contributed by atoms with Crippen molar-refractivity contribution in [3.05, 3.63) is 29.3 Å².